The lowest BCUT2D eigenvalue weighted by Gasteiger charge is -2.27. The Morgan fingerprint density at radius 2 is 2.05 bits per heavy atom. The molecule has 0 N–H and O–H groups in total. The zero-order valence-corrected chi connectivity index (χ0v) is 12.6. The van der Waals surface area contributed by atoms with E-state index in [2.05, 4.69) is 0 Å². The molecule has 20 heavy (non-hydrogen) atoms. The minimum Gasteiger partial charge on any atom is -0.496 e. The molecule has 1 aliphatic carbocycles. The number of hydrogen-bond donors (Lipinski definition) is 0. The fraction of sp³-hybridized carbons (Fsp3) is 0.571. The van der Waals surface area contributed by atoms with Gasteiger partial charge in [-0.3, -0.25) is 9.59 Å². The largest absolute Gasteiger partial charge is 0.496 e. The van der Waals surface area contributed by atoms with Crippen LogP contribution in [0.3, 0.4) is 0 Å². The molecular weight excluding hydrogens is 278 g/mol. The quantitative estimate of drug-likeness (QED) is 0.783. The standard InChI is InChI=1S/C14H19NO4S/c1-18-11-7-12(20-9-11)14(17)15(8-13(16)19-2)10-5-3-4-6-10/h7,9-10H,3-6,8H2,1-2H3. The van der Waals surface area contributed by atoms with E-state index >= 15 is 0 Å². The van der Waals surface area contributed by atoms with Crippen LogP contribution in [0.4, 0.5) is 0 Å². The number of rotatable bonds is 5. The van der Waals surface area contributed by atoms with E-state index in [-0.39, 0.29) is 24.5 Å². The molecule has 0 saturated heterocycles. The zero-order chi connectivity index (χ0) is 14.5. The summed E-state index contributed by atoms with van der Waals surface area (Å²) in [5.74, 6) is 0.173. The third-order valence-corrected chi connectivity index (χ3v) is 4.47. The summed E-state index contributed by atoms with van der Waals surface area (Å²) in [6, 6.07) is 1.85. The monoisotopic (exact) mass is 297 g/mol. The van der Waals surface area contributed by atoms with Crippen molar-refractivity contribution in [2.75, 3.05) is 20.8 Å². The highest BCUT2D eigenvalue weighted by Gasteiger charge is 2.30. The van der Waals surface area contributed by atoms with Crippen molar-refractivity contribution in [2.45, 2.75) is 31.7 Å². The van der Waals surface area contributed by atoms with Crippen LogP contribution in [0.2, 0.25) is 0 Å². The summed E-state index contributed by atoms with van der Waals surface area (Å²) in [5.41, 5.74) is 0. The maximum Gasteiger partial charge on any atom is 0.325 e. The molecule has 1 fully saturated rings. The number of methoxy groups -OCH3 is 2. The number of esters is 1. The van der Waals surface area contributed by atoms with Crippen LogP contribution in [0.5, 0.6) is 5.75 Å². The number of nitrogens with zero attached hydrogens (tertiary/aromatic N) is 1. The van der Waals surface area contributed by atoms with Crippen molar-refractivity contribution in [1.29, 1.82) is 0 Å². The van der Waals surface area contributed by atoms with Gasteiger partial charge in [0, 0.05) is 17.5 Å². The molecule has 6 heteroatoms. The van der Waals surface area contributed by atoms with Gasteiger partial charge in [-0.05, 0) is 12.8 Å². The summed E-state index contributed by atoms with van der Waals surface area (Å²) in [5, 5.41) is 1.79. The molecule has 1 aromatic heterocycles. The van der Waals surface area contributed by atoms with Gasteiger partial charge < -0.3 is 14.4 Å². The molecule has 0 aromatic carbocycles. The van der Waals surface area contributed by atoms with Gasteiger partial charge in [-0.15, -0.1) is 11.3 Å². The van der Waals surface area contributed by atoms with E-state index in [1.807, 2.05) is 0 Å². The highest BCUT2D eigenvalue weighted by Crippen LogP contribution is 2.28. The Morgan fingerprint density at radius 1 is 1.35 bits per heavy atom. The molecule has 1 aliphatic rings. The van der Waals surface area contributed by atoms with Crippen molar-refractivity contribution in [2.24, 2.45) is 0 Å². The first-order chi connectivity index (χ1) is 9.65. The summed E-state index contributed by atoms with van der Waals surface area (Å²) in [7, 11) is 2.91. The molecule has 1 amide bonds. The van der Waals surface area contributed by atoms with Crippen molar-refractivity contribution >= 4 is 23.2 Å². The van der Waals surface area contributed by atoms with Crippen LogP contribution in [-0.4, -0.2) is 43.6 Å². The van der Waals surface area contributed by atoms with Gasteiger partial charge in [0.15, 0.2) is 0 Å². The van der Waals surface area contributed by atoms with E-state index in [4.69, 9.17) is 9.47 Å². The van der Waals surface area contributed by atoms with Gasteiger partial charge in [0.2, 0.25) is 0 Å². The Balaban J connectivity index is 2.15. The van der Waals surface area contributed by atoms with Crippen LogP contribution in [0.1, 0.15) is 35.4 Å². The highest BCUT2D eigenvalue weighted by atomic mass is 32.1. The third kappa shape index (κ3) is 3.30. The Hall–Kier alpha value is -1.56. The maximum atomic E-state index is 12.6. The molecule has 0 unspecified atom stereocenters. The van der Waals surface area contributed by atoms with E-state index in [1.54, 1.807) is 23.5 Å². The Morgan fingerprint density at radius 3 is 2.60 bits per heavy atom. The minimum absolute atomic E-state index is 0.0141. The van der Waals surface area contributed by atoms with Crippen molar-refractivity contribution in [3.63, 3.8) is 0 Å². The van der Waals surface area contributed by atoms with Crippen molar-refractivity contribution < 1.29 is 19.1 Å². The predicted octanol–water partition coefficient (Wildman–Crippen LogP) is 2.31. The van der Waals surface area contributed by atoms with Crippen LogP contribution in [-0.2, 0) is 9.53 Å². The van der Waals surface area contributed by atoms with Gasteiger partial charge in [-0.25, -0.2) is 0 Å². The second kappa shape index (κ2) is 6.74. The smallest absolute Gasteiger partial charge is 0.325 e. The lowest BCUT2D eigenvalue weighted by Crippen LogP contribution is -2.42. The van der Waals surface area contributed by atoms with Gasteiger partial charge in [-0.2, -0.15) is 0 Å². The van der Waals surface area contributed by atoms with Gasteiger partial charge >= 0.3 is 5.97 Å². The fourth-order valence-electron chi connectivity index (χ4n) is 2.47. The topological polar surface area (TPSA) is 55.8 Å². The lowest BCUT2D eigenvalue weighted by molar-refractivity contribution is -0.141. The van der Waals surface area contributed by atoms with E-state index in [1.165, 1.54) is 18.4 Å². The Kier molecular flexibility index (Phi) is 5.00. The third-order valence-electron chi connectivity index (χ3n) is 3.58. The normalized spacial score (nSPS) is 15.1. The van der Waals surface area contributed by atoms with Crippen LogP contribution in [0.15, 0.2) is 11.4 Å². The number of carbonyl (C=O) groups is 2. The summed E-state index contributed by atoms with van der Waals surface area (Å²) >= 11 is 1.34. The number of thiophene rings is 1. The van der Waals surface area contributed by atoms with E-state index < -0.39 is 0 Å². The average molecular weight is 297 g/mol. The van der Waals surface area contributed by atoms with E-state index in [9.17, 15) is 9.59 Å². The van der Waals surface area contributed by atoms with Crippen molar-refractivity contribution in [3.8, 4) is 5.75 Å². The molecule has 2 rings (SSSR count). The number of amides is 1. The molecule has 110 valence electrons. The number of carbonyl (C=O) groups excluding carboxylic acids is 2. The van der Waals surface area contributed by atoms with E-state index in [0.29, 0.717) is 10.6 Å². The van der Waals surface area contributed by atoms with Crippen LogP contribution in [0, 0.1) is 0 Å². The molecule has 0 spiro atoms. The highest BCUT2D eigenvalue weighted by molar-refractivity contribution is 7.12. The summed E-state index contributed by atoms with van der Waals surface area (Å²) in [4.78, 5) is 26.4. The fourth-order valence-corrected chi connectivity index (χ4v) is 3.28. The Bertz CT molecular complexity index is 479. The summed E-state index contributed by atoms with van der Waals surface area (Å²) in [6.45, 7) is 0.0141. The second-order valence-electron chi connectivity index (χ2n) is 4.80. The van der Waals surface area contributed by atoms with Gasteiger partial charge in [0.05, 0.1) is 19.1 Å². The van der Waals surface area contributed by atoms with E-state index in [0.717, 1.165) is 25.7 Å². The van der Waals surface area contributed by atoms with Crippen molar-refractivity contribution in [3.05, 3.63) is 16.3 Å². The van der Waals surface area contributed by atoms with Crippen LogP contribution >= 0.6 is 11.3 Å². The molecule has 5 nitrogen and oxygen atoms in total. The van der Waals surface area contributed by atoms with Crippen molar-refractivity contribution in [1.82, 2.24) is 4.90 Å². The first kappa shape index (κ1) is 14.8. The molecule has 1 saturated carbocycles. The van der Waals surface area contributed by atoms with Crippen LogP contribution in [0.25, 0.3) is 0 Å². The van der Waals surface area contributed by atoms with Gasteiger partial charge in [0.1, 0.15) is 12.3 Å². The predicted molar refractivity (Wildman–Crippen MR) is 76.2 cm³/mol. The molecule has 0 aliphatic heterocycles. The minimum atomic E-state index is -0.381. The molecule has 0 radical (unpaired) electrons. The molecule has 0 atom stereocenters. The first-order valence-electron chi connectivity index (χ1n) is 6.66. The molecule has 1 aromatic rings. The van der Waals surface area contributed by atoms with Gasteiger partial charge in [-0.1, -0.05) is 12.8 Å². The van der Waals surface area contributed by atoms with Crippen LogP contribution < -0.4 is 4.74 Å². The van der Waals surface area contributed by atoms with Gasteiger partial charge in [0.25, 0.3) is 5.91 Å². The SMILES string of the molecule is COC(=O)CN(C(=O)c1cc(OC)cs1)C1CCCC1. The summed E-state index contributed by atoms with van der Waals surface area (Å²) < 4.78 is 9.80. The number of hydrogen-bond acceptors (Lipinski definition) is 5. The Labute approximate surface area is 122 Å². The second-order valence-corrected chi connectivity index (χ2v) is 5.71. The first-order valence-corrected chi connectivity index (χ1v) is 7.54. The molecule has 0 bridgehead atoms. The lowest BCUT2D eigenvalue weighted by atomic mass is 10.2. The molecule has 1 heterocycles. The average Bonchev–Trinajstić information content (AvgIpc) is 3.14. The zero-order valence-electron chi connectivity index (χ0n) is 11.8. The maximum absolute atomic E-state index is 12.6. The molecular formula is C14H19NO4S. The number of ether oxygens (including phenoxy) is 2. The summed E-state index contributed by atoms with van der Waals surface area (Å²) in [6.07, 6.45) is 4.10.